The molecular weight excluding hydrogens is 354 g/mol. The standard InChI is InChI=1S/C18H21N3O4S/c1-24-14-8-5-6-12(17(14)25-2)10-20-18(23)21-13-7-3-4-9-15(13)26-11-16(19)22/h3-9H,10-11H2,1-2H3,(H2,19,22)(H2,20,21,23). The highest BCUT2D eigenvalue weighted by molar-refractivity contribution is 8.00. The van der Waals surface area contributed by atoms with Gasteiger partial charge in [-0.2, -0.15) is 0 Å². The number of thioether (sulfide) groups is 1. The van der Waals surface area contributed by atoms with Crippen molar-refractivity contribution in [2.45, 2.75) is 11.4 Å². The third-order valence-electron chi connectivity index (χ3n) is 3.43. The van der Waals surface area contributed by atoms with Crippen LogP contribution < -0.4 is 25.8 Å². The van der Waals surface area contributed by atoms with Crippen molar-refractivity contribution in [3.63, 3.8) is 0 Å². The molecule has 0 saturated carbocycles. The lowest BCUT2D eigenvalue weighted by Gasteiger charge is -2.14. The van der Waals surface area contributed by atoms with Crippen LogP contribution in [0, 0.1) is 0 Å². The molecule has 0 heterocycles. The van der Waals surface area contributed by atoms with Crippen molar-refractivity contribution < 1.29 is 19.1 Å². The predicted octanol–water partition coefficient (Wildman–Crippen LogP) is 2.60. The first-order valence-electron chi connectivity index (χ1n) is 7.80. The molecule has 7 nitrogen and oxygen atoms in total. The van der Waals surface area contributed by atoms with Gasteiger partial charge < -0.3 is 25.8 Å². The second kappa shape index (κ2) is 9.57. The molecule has 0 unspecified atom stereocenters. The average molecular weight is 375 g/mol. The molecule has 0 aromatic heterocycles. The number of nitrogens with one attached hydrogen (secondary N) is 2. The van der Waals surface area contributed by atoms with E-state index < -0.39 is 5.91 Å². The Morgan fingerprint density at radius 3 is 2.54 bits per heavy atom. The molecule has 0 atom stereocenters. The van der Waals surface area contributed by atoms with Gasteiger partial charge >= 0.3 is 6.03 Å². The Morgan fingerprint density at radius 1 is 1.08 bits per heavy atom. The lowest BCUT2D eigenvalue weighted by molar-refractivity contribution is -0.115. The number of methoxy groups -OCH3 is 2. The topological polar surface area (TPSA) is 103 Å². The number of ether oxygens (including phenoxy) is 2. The van der Waals surface area contributed by atoms with E-state index in [9.17, 15) is 9.59 Å². The first-order valence-corrected chi connectivity index (χ1v) is 8.78. The van der Waals surface area contributed by atoms with Crippen molar-refractivity contribution in [2.24, 2.45) is 5.73 Å². The third-order valence-corrected chi connectivity index (χ3v) is 4.52. The molecule has 138 valence electrons. The van der Waals surface area contributed by atoms with Gasteiger partial charge in [0.05, 0.1) is 25.7 Å². The summed E-state index contributed by atoms with van der Waals surface area (Å²) in [6, 6.07) is 12.3. The monoisotopic (exact) mass is 375 g/mol. The lowest BCUT2D eigenvalue weighted by atomic mass is 10.2. The Hall–Kier alpha value is -2.87. The Bertz CT molecular complexity index is 783. The highest BCUT2D eigenvalue weighted by atomic mass is 32.2. The van der Waals surface area contributed by atoms with Crippen molar-refractivity contribution in [1.82, 2.24) is 5.32 Å². The summed E-state index contributed by atoms with van der Waals surface area (Å²) in [5.41, 5.74) is 6.57. The summed E-state index contributed by atoms with van der Waals surface area (Å²) < 4.78 is 10.6. The fraction of sp³-hybridized carbons (Fsp3) is 0.222. The number of hydrogen-bond donors (Lipinski definition) is 3. The summed E-state index contributed by atoms with van der Waals surface area (Å²) >= 11 is 1.27. The SMILES string of the molecule is COc1cccc(CNC(=O)Nc2ccccc2SCC(N)=O)c1OC. The Kier molecular flexibility index (Phi) is 7.16. The number of benzene rings is 2. The molecule has 8 heteroatoms. The summed E-state index contributed by atoms with van der Waals surface area (Å²) in [6.07, 6.45) is 0. The zero-order valence-electron chi connectivity index (χ0n) is 14.6. The van der Waals surface area contributed by atoms with Crippen molar-refractivity contribution >= 4 is 29.4 Å². The van der Waals surface area contributed by atoms with Gasteiger partial charge in [-0.05, 0) is 18.2 Å². The molecule has 0 spiro atoms. The Morgan fingerprint density at radius 2 is 1.85 bits per heavy atom. The van der Waals surface area contributed by atoms with Crippen molar-refractivity contribution in [1.29, 1.82) is 0 Å². The summed E-state index contributed by atoms with van der Waals surface area (Å²) in [4.78, 5) is 24.0. The number of urea groups is 1. The molecule has 3 amide bonds. The molecule has 0 saturated heterocycles. The second-order valence-corrected chi connectivity index (χ2v) is 6.23. The average Bonchev–Trinajstić information content (AvgIpc) is 2.65. The van der Waals surface area contributed by atoms with Crippen LogP contribution in [0.4, 0.5) is 10.5 Å². The van der Waals surface area contributed by atoms with Crippen molar-refractivity contribution in [2.75, 3.05) is 25.3 Å². The minimum Gasteiger partial charge on any atom is -0.493 e. The van der Waals surface area contributed by atoms with Crippen LogP contribution in [0.15, 0.2) is 47.4 Å². The van der Waals surface area contributed by atoms with Crippen molar-refractivity contribution in [3.8, 4) is 11.5 Å². The van der Waals surface area contributed by atoms with Gasteiger partial charge in [-0.1, -0.05) is 24.3 Å². The van der Waals surface area contributed by atoms with Gasteiger partial charge in [-0.3, -0.25) is 4.79 Å². The van der Waals surface area contributed by atoms with Gasteiger partial charge in [-0.15, -0.1) is 11.8 Å². The molecule has 2 rings (SSSR count). The van der Waals surface area contributed by atoms with Gasteiger partial charge in [0.2, 0.25) is 5.91 Å². The minimum absolute atomic E-state index is 0.140. The Labute approximate surface area is 156 Å². The van der Waals surface area contributed by atoms with Crippen molar-refractivity contribution in [3.05, 3.63) is 48.0 Å². The summed E-state index contributed by atoms with van der Waals surface area (Å²) in [6.45, 7) is 0.267. The number of carbonyl (C=O) groups excluding carboxylic acids is 2. The normalized spacial score (nSPS) is 10.1. The predicted molar refractivity (Wildman–Crippen MR) is 102 cm³/mol. The lowest BCUT2D eigenvalue weighted by Crippen LogP contribution is -2.28. The molecule has 0 fully saturated rings. The summed E-state index contributed by atoms with van der Waals surface area (Å²) in [5.74, 6) is 0.897. The first kappa shape index (κ1) is 19.5. The number of hydrogen-bond acceptors (Lipinski definition) is 5. The molecule has 0 aliphatic rings. The maximum Gasteiger partial charge on any atom is 0.319 e. The van der Waals surface area contributed by atoms with Gasteiger partial charge in [0.15, 0.2) is 11.5 Å². The first-order chi connectivity index (χ1) is 12.5. The summed E-state index contributed by atoms with van der Waals surface area (Å²) in [5, 5.41) is 5.55. The fourth-order valence-corrected chi connectivity index (χ4v) is 3.03. The zero-order valence-corrected chi connectivity index (χ0v) is 15.4. The van der Waals surface area contributed by atoms with E-state index in [0.717, 1.165) is 10.5 Å². The molecule has 2 aromatic rings. The van der Waals surface area contributed by atoms with Crippen LogP contribution in [0.3, 0.4) is 0 Å². The Balaban J connectivity index is 2.01. The van der Waals surface area contributed by atoms with Crippen LogP contribution in [0.1, 0.15) is 5.56 Å². The van der Waals surface area contributed by atoms with E-state index in [-0.39, 0.29) is 18.3 Å². The smallest absolute Gasteiger partial charge is 0.319 e. The van der Waals surface area contributed by atoms with Crippen LogP contribution in [0.2, 0.25) is 0 Å². The van der Waals surface area contributed by atoms with E-state index >= 15 is 0 Å². The number of carbonyl (C=O) groups is 2. The number of para-hydroxylation sites is 2. The molecule has 0 aliphatic heterocycles. The fourth-order valence-electron chi connectivity index (χ4n) is 2.28. The van der Waals surface area contributed by atoms with E-state index in [1.165, 1.54) is 11.8 Å². The third kappa shape index (κ3) is 5.32. The van der Waals surface area contributed by atoms with E-state index in [1.54, 1.807) is 32.4 Å². The van der Waals surface area contributed by atoms with Crippen LogP contribution in [0.25, 0.3) is 0 Å². The maximum absolute atomic E-state index is 12.2. The van der Waals surface area contributed by atoms with Gasteiger partial charge in [0, 0.05) is 17.0 Å². The van der Waals surface area contributed by atoms with Gasteiger partial charge in [0.25, 0.3) is 0 Å². The number of anilines is 1. The molecule has 4 N–H and O–H groups in total. The number of primary amides is 1. The van der Waals surface area contributed by atoms with E-state index in [4.69, 9.17) is 15.2 Å². The van der Waals surface area contributed by atoms with E-state index in [2.05, 4.69) is 10.6 Å². The second-order valence-electron chi connectivity index (χ2n) is 5.21. The highest BCUT2D eigenvalue weighted by Crippen LogP contribution is 2.30. The molecule has 0 radical (unpaired) electrons. The molecule has 0 aliphatic carbocycles. The maximum atomic E-state index is 12.2. The zero-order chi connectivity index (χ0) is 18.9. The number of nitrogens with two attached hydrogens (primary N) is 1. The highest BCUT2D eigenvalue weighted by Gasteiger charge is 2.12. The van der Waals surface area contributed by atoms with Crippen LogP contribution in [-0.4, -0.2) is 31.9 Å². The molecule has 2 aromatic carbocycles. The van der Waals surface area contributed by atoms with Gasteiger partial charge in [-0.25, -0.2) is 4.79 Å². The quantitative estimate of drug-likeness (QED) is 0.616. The number of amides is 3. The van der Waals surface area contributed by atoms with Crippen LogP contribution >= 0.6 is 11.8 Å². The van der Waals surface area contributed by atoms with E-state index in [0.29, 0.717) is 17.2 Å². The summed E-state index contributed by atoms with van der Waals surface area (Å²) in [7, 11) is 3.11. The van der Waals surface area contributed by atoms with E-state index in [1.807, 2.05) is 24.3 Å². The minimum atomic E-state index is -0.417. The molecule has 0 bridgehead atoms. The largest absolute Gasteiger partial charge is 0.493 e. The van der Waals surface area contributed by atoms with Crippen LogP contribution in [-0.2, 0) is 11.3 Å². The molecule has 26 heavy (non-hydrogen) atoms. The molecular formula is C18H21N3O4S. The number of rotatable bonds is 8. The van der Waals surface area contributed by atoms with Gasteiger partial charge in [0.1, 0.15) is 0 Å². The van der Waals surface area contributed by atoms with Crippen LogP contribution in [0.5, 0.6) is 11.5 Å².